The van der Waals surface area contributed by atoms with E-state index in [1.165, 1.54) is 29.5 Å². The van der Waals surface area contributed by atoms with E-state index in [1.54, 1.807) is 22.7 Å². The Hall–Kier alpha value is -2.15. The lowest BCUT2D eigenvalue weighted by atomic mass is 9.97. The van der Waals surface area contributed by atoms with Crippen LogP contribution in [0.1, 0.15) is 55.0 Å². The number of aromatic nitrogens is 3. The molecule has 6 nitrogen and oxygen atoms in total. The second kappa shape index (κ2) is 10.4. The van der Waals surface area contributed by atoms with Gasteiger partial charge in [0.1, 0.15) is 11.1 Å². The smallest absolute Gasteiger partial charge is 0.235 e. The maximum Gasteiger partial charge on any atom is 0.235 e. The molecule has 0 saturated carbocycles. The number of anilines is 1. The number of nitriles is 1. The molecule has 0 atom stereocenters. The summed E-state index contributed by atoms with van der Waals surface area (Å²) >= 11 is 4.60. The summed E-state index contributed by atoms with van der Waals surface area (Å²) in [6.07, 6.45) is 7.62. The second-order valence-electron chi connectivity index (χ2n) is 7.51. The first-order valence-electron chi connectivity index (χ1n) is 10.7. The number of nitrogens with one attached hydrogen (secondary N) is 1. The van der Waals surface area contributed by atoms with Gasteiger partial charge in [-0.25, -0.2) is 0 Å². The Balaban J connectivity index is 1.46. The van der Waals surface area contributed by atoms with Crippen LogP contribution in [-0.4, -0.2) is 26.4 Å². The van der Waals surface area contributed by atoms with Crippen LogP contribution in [-0.2, 0) is 24.2 Å². The van der Waals surface area contributed by atoms with Gasteiger partial charge >= 0.3 is 0 Å². The lowest BCUT2D eigenvalue weighted by Crippen LogP contribution is -2.14. The fraction of sp³-hybridized carbons (Fsp3) is 0.455. The van der Waals surface area contributed by atoms with Crippen LogP contribution in [0.25, 0.3) is 10.7 Å². The largest absolute Gasteiger partial charge is 0.316 e. The number of carbonyl (C=O) groups excluding carboxylic acids is 1. The van der Waals surface area contributed by atoms with Crippen LogP contribution in [0.15, 0.2) is 22.7 Å². The Bertz CT molecular complexity index is 1080. The summed E-state index contributed by atoms with van der Waals surface area (Å²) in [5, 5.41) is 24.9. The molecule has 0 bridgehead atoms. The van der Waals surface area contributed by atoms with Gasteiger partial charge in [-0.3, -0.25) is 4.79 Å². The van der Waals surface area contributed by atoms with Gasteiger partial charge in [-0.05, 0) is 49.1 Å². The second-order valence-corrected chi connectivity index (χ2v) is 10.5. The molecule has 3 aromatic rings. The predicted octanol–water partition coefficient (Wildman–Crippen LogP) is 5.74. The number of thioether (sulfide) groups is 1. The molecule has 3 aromatic heterocycles. The van der Waals surface area contributed by atoms with Crippen LogP contribution in [0.4, 0.5) is 5.00 Å². The molecule has 162 valence electrons. The Morgan fingerprint density at radius 3 is 2.87 bits per heavy atom. The number of carbonyl (C=O) groups is 1. The predicted molar refractivity (Wildman–Crippen MR) is 128 cm³/mol. The van der Waals surface area contributed by atoms with E-state index in [-0.39, 0.29) is 11.7 Å². The highest BCUT2D eigenvalue weighted by molar-refractivity contribution is 7.99. The quantitative estimate of drug-likeness (QED) is 0.444. The average molecular weight is 472 g/mol. The Morgan fingerprint density at radius 2 is 2.13 bits per heavy atom. The van der Waals surface area contributed by atoms with Gasteiger partial charge < -0.3 is 9.88 Å². The summed E-state index contributed by atoms with van der Waals surface area (Å²) in [7, 11) is 0. The van der Waals surface area contributed by atoms with Crippen molar-refractivity contribution in [2.45, 2.75) is 63.6 Å². The van der Waals surface area contributed by atoms with E-state index in [2.05, 4.69) is 33.1 Å². The zero-order chi connectivity index (χ0) is 21.6. The van der Waals surface area contributed by atoms with E-state index < -0.39 is 0 Å². The third-order valence-electron chi connectivity index (χ3n) is 5.27. The van der Waals surface area contributed by atoms with Crippen molar-refractivity contribution in [2.75, 3.05) is 11.1 Å². The van der Waals surface area contributed by atoms with Crippen LogP contribution in [0.2, 0.25) is 0 Å². The van der Waals surface area contributed by atoms with Crippen LogP contribution in [0.5, 0.6) is 0 Å². The van der Waals surface area contributed by atoms with Gasteiger partial charge in [0.15, 0.2) is 11.0 Å². The minimum Gasteiger partial charge on any atom is -0.316 e. The fourth-order valence-electron chi connectivity index (χ4n) is 3.83. The van der Waals surface area contributed by atoms with Gasteiger partial charge in [0.25, 0.3) is 0 Å². The van der Waals surface area contributed by atoms with E-state index in [1.807, 2.05) is 17.5 Å². The molecule has 1 N–H and O–H groups in total. The molecular formula is C22H25N5OS3. The zero-order valence-corrected chi connectivity index (χ0v) is 20.0. The van der Waals surface area contributed by atoms with Crippen molar-refractivity contribution in [1.29, 1.82) is 5.26 Å². The van der Waals surface area contributed by atoms with Crippen molar-refractivity contribution in [3.63, 3.8) is 0 Å². The topological polar surface area (TPSA) is 83.6 Å². The number of fused-ring (bicyclic) bond motifs is 1. The van der Waals surface area contributed by atoms with E-state index in [9.17, 15) is 10.1 Å². The molecule has 1 aliphatic carbocycles. The van der Waals surface area contributed by atoms with Crippen molar-refractivity contribution < 1.29 is 4.79 Å². The van der Waals surface area contributed by atoms with Gasteiger partial charge in [-0.2, -0.15) is 5.26 Å². The maximum absolute atomic E-state index is 12.7. The summed E-state index contributed by atoms with van der Waals surface area (Å²) in [6, 6.07) is 6.38. The number of aryl methyl sites for hydroxylation is 1. The van der Waals surface area contributed by atoms with E-state index >= 15 is 0 Å². The number of rotatable bonds is 7. The molecule has 4 rings (SSSR count). The molecule has 1 aliphatic rings. The Morgan fingerprint density at radius 1 is 1.29 bits per heavy atom. The molecule has 31 heavy (non-hydrogen) atoms. The minimum absolute atomic E-state index is 0.112. The molecule has 9 heteroatoms. The van der Waals surface area contributed by atoms with Crippen LogP contribution < -0.4 is 5.32 Å². The molecule has 0 radical (unpaired) electrons. The molecule has 0 aromatic carbocycles. The number of hydrogen-bond acceptors (Lipinski definition) is 7. The van der Waals surface area contributed by atoms with Crippen molar-refractivity contribution in [1.82, 2.24) is 14.8 Å². The zero-order valence-electron chi connectivity index (χ0n) is 17.5. The molecule has 0 aliphatic heterocycles. The third kappa shape index (κ3) is 5.03. The van der Waals surface area contributed by atoms with Crippen LogP contribution in [0, 0.1) is 11.3 Å². The lowest BCUT2D eigenvalue weighted by molar-refractivity contribution is -0.113. The normalized spacial score (nSPS) is 13.8. The SMILES string of the molecule is CCCn1c(SCC(=O)Nc2sc3c(c2C#N)CCCCCC3)nnc1-c1cccs1. The summed E-state index contributed by atoms with van der Waals surface area (Å²) in [6.45, 7) is 2.92. The fourth-order valence-corrected chi connectivity index (χ4v) is 6.57. The average Bonchev–Trinajstić information content (AvgIpc) is 3.46. The molecule has 0 fully saturated rings. The highest BCUT2D eigenvalue weighted by Gasteiger charge is 2.21. The number of hydrogen-bond donors (Lipinski definition) is 1. The molecule has 0 spiro atoms. The number of thiophene rings is 2. The Kier molecular flexibility index (Phi) is 7.43. The number of amides is 1. The minimum atomic E-state index is -0.112. The van der Waals surface area contributed by atoms with Gasteiger partial charge in [0.2, 0.25) is 5.91 Å². The van der Waals surface area contributed by atoms with E-state index in [4.69, 9.17) is 0 Å². The first-order chi connectivity index (χ1) is 15.2. The molecule has 3 heterocycles. The van der Waals surface area contributed by atoms with Crippen molar-refractivity contribution in [3.05, 3.63) is 33.5 Å². The molecule has 1 amide bonds. The highest BCUT2D eigenvalue weighted by atomic mass is 32.2. The van der Waals surface area contributed by atoms with Gasteiger partial charge in [-0.15, -0.1) is 32.9 Å². The third-order valence-corrected chi connectivity index (χ3v) is 8.31. The van der Waals surface area contributed by atoms with Gasteiger partial charge in [0.05, 0.1) is 16.2 Å². The summed E-state index contributed by atoms with van der Waals surface area (Å²) in [4.78, 5) is 15.1. The van der Waals surface area contributed by atoms with Crippen LogP contribution in [0.3, 0.4) is 0 Å². The maximum atomic E-state index is 12.7. The van der Waals surface area contributed by atoms with Crippen molar-refractivity contribution in [3.8, 4) is 16.8 Å². The summed E-state index contributed by atoms with van der Waals surface area (Å²) in [5.74, 6) is 0.976. The molecule has 0 unspecified atom stereocenters. The van der Waals surface area contributed by atoms with Crippen LogP contribution >= 0.6 is 34.4 Å². The van der Waals surface area contributed by atoms with Crippen molar-refractivity contribution >= 4 is 45.3 Å². The molecule has 0 saturated heterocycles. The monoisotopic (exact) mass is 471 g/mol. The van der Waals surface area contributed by atoms with E-state index in [0.29, 0.717) is 10.6 Å². The first-order valence-corrected chi connectivity index (χ1v) is 13.3. The summed E-state index contributed by atoms with van der Waals surface area (Å²) < 4.78 is 2.08. The molecular weight excluding hydrogens is 446 g/mol. The highest BCUT2D eigenvalue weighted by Crippen LogP contribution is 2.36. The van der Waals surface area contributed by atoms with Gasteiger partial charge in [-0.1, -0.05) is 37.6 Å². The number of nitrogens with zero attached hydrogens (tertiary/aromatic N) is 4. The van der Waals surface area contributed by atoms with Crippen molar-refractivity contribution in [2.24, 2.45) is 0 Å². The van der Waals surface area contributed by atoms with Gasteiger partial charge in [0, 0.05) is 11.4 Å². The standard InChI is InChI=1S/C22H25N5OS3/c1-2-11-27-20(18-10-7-12-29-18)25-26-22(27)30-14-19(28)24-21-16(13-23)15-8-5-3-4-6-9-17(15)31-21/h7,10,12H,2-6,8-9,11,14H2,1H3,(H,24,28). The first kappa shape index (κ1) is 22.1. The Labute approximate surface area is 194 Å². The lowest BCUT2D eigenvalue weighted by Gasteiger charge is -2.09. The summed E-state index contributed by atoms with van der Waals surface area (Å²) in [5.41, 5.74) is 1.81. The van der Waals surface area contributed by atoms with E-state index in [0.717, 1.165) is 60.1 Å².